The van der Waals surface area contributed by atoms with Crippen molar-refractivity contribution < 1.29 is 22.4 Å². The first-order valence-electron chi connectivity index (χ1n) is 8.35. The molecule has 30 heavy (non-hydrogen) atoms. The fourth-order valence-corrected chi connectivity index (χ4v) is 2.94. The predicted molar refractivity (Wildman–Crippen MR) is 103 cm³/mol. The van der Waals surface area contributed by atoms with Crippen molar-refractivity contribution in [3.63, 3.8) is 0 Å². The van der Waals surface area contributed by atoms with Gasteiger partial charge >= 0.3 is 6.18 Å². The molecule has 0 saturated carbocycles. The second-order valence-corrected chi connectivity index (χ2v) is 6.63. The van der Waals surface area contributed by atoms with Crippen molar-refractivity contribution in [2.45, 2.75) is 12.6 Å². The minimum absolute atomic E-state index is 0.0127. The fraction of sp³-hybridized carbons (Fsp3) is 0.105. The van der Waals surface area contributed by atoms with Gasteiger partial charge in [0.25, 0.3) is 5.91 Å². The largest absolute Gasteiger partial charge is 0.434 e. The number of anilines is 2. The highest BCUT2D eigenvalue weighted by molar-refractivity contribution is 6.31. The van der Waals surface area contributed by atoms with Gasteiger partial charge in [-0.3, -0.25) is 9.59 Å². The number of pyridine rings is 2. The van der Waals surface area contributed by atoms with Crippen molar-refractivity contribution >= 4 is 28.9 Å². The highest BCUT2D eigenvalue weighted by atomic mass is 35.5. The summed E-state index contributed by atoms with van der Waals surface area (Å²) in [6.07, 6.45) is -3.86. The van der Waals surface area contributed by atoms with Crippen molar-refractivity contribution in [2.24, 2.45) is 0 Å². The Morgan fingerprint density at radius 1 is 1.20 bits per heavy atom. The molecule has 0 aliphatic heterocycles. The average Bonchev–Trinajstić information content (AvgIpc) is 2.64. The third-order valence-corrected chi connectivity index (χ3v) is 4.35. The van der Waals surface area contributed by atoms with Gasteiger partial charge in [-0.15, -0.1) is 0 Å². The van der Waals surface area contributed by atoms with Gasteiger partial charge < -0.3 is 16.0 Å². The third-order valence-electron chi connectivity index (χ3n) is 4.07. The summed E-state index contributed by atoms with van der Waals surface area (Å²) in [6, 6.07) is 6.69. The minimum Gasteiger partial charge on any atom is -0.398 e. The van der Waals surface area contributed by atoms with E-state index >= 15 is 0 Å². The second-order valence-electron chi connectivity index (χ2n) is 6.23. The van der Waals surface area contributed by atoms with E-state index in [9.17, 15) is 27.2 Å². The quantitative estimate of drug-likeness (QED) is 0.421. The molecule has 1 amide bonds. The number of alkyl halides is 3. The van der Waals surface area contributed by atoms with Crippen LogP contribution in [0.1, 0.15) is 27.3 Å². The van der Waals surface area contributed by atoms with E-state index in [1.165, 1.54) is 18.3 Å². The van der Waals surface area contributed by atoms with Gasteiger partial charge in [0.2, 0.25) is 5.56 Å². The van der Waals surface area contributed by atoms with Gasteiger partial charge in [-0.25, -0.2) is 9.37 Å². The summed E-state index contributed by atoms with van der Waals surface area (Å²) in [5.74, 6) is -1.46. The van der Waals surface area contributed by atoms with Gasteiger partial charge in [-0.05, 0) is 29.8 Å². The Bertz CT molecular complexity index is 1180. The van der Waals surface area contributed by atoms with Crippen LogP contribution in [-0.4, -0.2) is 15.9 Å². The first-order valence-corrected chi connectivity index (χ1v) is 8.73. The van der Waals surface area contributed by atoms with Crippen LogP contribution in [0.15, 0.2) is 47.4 Å². The number of amides is 1. The number of benzene rings is 1. The smallest absolute Gasteiger partial charge is 0.398 e. The molecule has 0 bridgehead atoms. The van der Waals surface area contributed by atoms with Crippen molar-refractivity contribution in [3.8, 4) is 0 Å². The lowest BCUT2D eigenvalue weighted by atomic mass is 10.0. The van der Waals surface area contributed by atoms with E-state index in [0.29, 0.717) is 0 Å². The standard InChI is InChI=1S/C19H13ClF4N4O2/c20-13-8-12(18(30)27-11-3-4-26-16(29)7-11)15(28-17(13)19(22,23)24)5-9-1-2-10(21)6-14(9)25/h1-4,6-8H,5,25H2,(H2,26,27,29,30). The minimum atomic E-state index is -4.86. The lowest BCUT2D eigenvalue weighted by Crippen LogP contribution is -2.20. The molecule has 3 rings (SSSR count). The zero-order valence-corrected chi connectivity index (χ0v) is 15.7. The fourth-order valence-electron chi connectivity index (χ4n) is 2.69. The molecule has 11 heteroatoms. The number of carbonyl (C=O) groups excluding carboxylic acids is 1. The van der Waals surface area contributed by atoms with Gasteiger partial charge in [-0.2, -0.15) is 13.2 Å². The summed E-state index contributed by atoms with van der Waals surface area (Å²) in [5.41, 5.74) is 3.73. The molecule has 1 aromatic carbocycles. The molecule has 0 radical (unpaired) electrons. The van der Waals surface area contributed by atoms with Gasteiger partial charge in [0.1, 0.15) is 5.82 Å². The van der Waals surface area contributed by atoms with E-state index in [0.717, 1.165) is 24.3 Å². The van der Waals surface area contributed by atoms with Crippen LogP contribution in [0.2, 0.25) is 5.02 Å². The van der Waals surface area contributed by atoms with Crippen molar-refractivity contribution in [2.75, 3.05) is 11.1 Å². The normalized spacial score (nSPS) is 11.4. The van der Waals surface area contributed by atoms with E-state index in [1.807, 2.05) is 0 Å². The summed E-state index contributed by atoms with van der Waals surface area (Å²) in [4.78, 5) is 30.0. The number of nitrogens with zero attached hydrogens (tertiary/aromatic N) is 1. The van der Waals surface area contributed by atoms with E-state index in [2.05, 4.69) is 15.3 Å². The van der Waals surface area contributed by atoms with E-state index in [1.54, 1.807) is 0 Å². The highest BCUT2D eigenvalue weighted by Gasteiger charge is 2.36. The van der Waals surface area contributed by atoms with E-state index < -0.39 is 34.2 Å². The lowest BCUT2D eigenvalue weighted by Gasteiger charge is -2.15. The van der Waals surface area contributed by atoms with Crippen LogP contribution >= 0.6 is 11.6 Å². The van der Waals surface area contributed by atoms with Crippen LogP contribution in [-0.2, 0) is 12.6 Å². The summed E-state index contributed by atoms with van der Waals surface area (Å²) in [5, 5.41) is 1.64. The van der Waals surface area contributed by atoms with Gasteiger partial charge in [0, 0.05) is 30.1 Å². The molecule has 0 aliphatic rings. The first kappa shape index (κ1) is 21.3. The maximum atomic E-state index is 13.3. The summed E-state index contributed by atoms with van der Waals surface area (Å²) in [7, 11) is 0. The number of nitrogens with two attached hydrogens (primary N) is 1. The molecule has 0 unspecified atom stereocenters. The van der Waals surface area contributed by atoms with Gasteiger partial charge in [-0.1, -0.05) is 17.7 Å². The summed E-state index contributed by atoms with van der Waals surface area (Å²) in [6.45, 7) is 0. The van der Waals surface area contributed by atoms with E-state index in [-0.39, 0.29) is 34.6 Å². The molecular formula is C19H13ClF4N4O2. The van der Waals surface area contributed by atoms with Crippen LogP contribution in [0.4, 0.5) is 28.9 Å². The average molecular weight is 441 g/mol. The topological polar surface area (TPSA) is 101 Å². The van der Waals surface area contributed by atoms with Crippen LogP contribution < -0.4 is 16.6 Å². The lowest BCUT2D eigenvalue weighted by molar-refractivity contribution is -0.141. The van der Waals surface area contributed by atoms with Crippen LogP contribution in [0.5, 0.6) is 0 Å². The predicted octanol–water partition coefficient (Wildman–Crippen LogP) is 4.01. The number of H-pyrrole nitrogens is 1. The highest BCUT2D eigenvalue weighted by Crippen LogP contribution is 2.35. The number of hydrogen-bond acceptors (Lipinski definition) is 4. The third kappa shape index (κ3) is 4.77. The van der Waals surface area contributed by atoms with Crippen LogP contribution in [0.3, 0.4) is 0 Å². The van der Waals surface area contributed by atoms with Crippen LogP contribution in [0, 0.1) is 5.82 Å². The van der Waals surface area contributed by atoms with Crippen molar-refractivity contribution in [3.05, 3.63) is 86.3 Å². The summed E-state index contributed by atoms with van der Waals surface area (Å²) < 4.78 is 53.1. The Morgan fingerprint density at radius 2 is 1.93 bits per heavy atom. The molecular weight excluding hydrogens is 428 g/mol. The maximum absolute atomic E-state index is 13.3. The molecule has 156 valence electrons. The number of nitrogens with one attached hydrogen (secondary N) is 2. The van der Waals surface area contributed by atoms with Crippen molar-refractivity contribution in [1.29, 1.82) is 0 Å². The molecule has 0 aliphatic carbocycles. The number of carbonyl (C=O) groups is 1. The molecule has 0 fully saturated rings. The molecule has 2 heterocycles. The molecule has 0 atom stereocenters. The SMILES string of the molecule is Nc1cc(F)ccc1Cc1nc(C(F)(F)F)c(Cl)cc1C(=O)Nc1cc[nH]c(=O)c1. The Hall–Kier alpha value is -3.40. The number of aromatic amines is 1. The maximum Gasteiger partial charge on any atom is 0.434 e. The molecule has 4 N–H and O–H groups in total. The van der Waals surface area contributed by atoms with Crippen molar-refractivity contribution in [1.82, 2.24) is 9.97 Å². The number of halogens is 5. The van der Waals surface area contributed by atoms with Crippen LogP contribution in [0.25, 0.3) is 0 Å². The Morgan fingerprint density at radius 3 is 2.57 bits per heavy atom. The summed E-state index contributed by atoms with van der Waals surface area (Å²) >= 11 is 5.72. The number of nitrogen functional groups attached to an aromatic ring is 1. The van der Waals surface area contributed by atoms with Gasteiger partial charge in [0.05, 0.1) is 16.3 Å². The number of aromatic nitrogens is 2. The number of hydrogen-bond donors (Lipinski definition) is 3. The zero-order chi connectivity index (χ0) is 22.1. The second kappa shape index (κ2) is 8.15. The Labute approximate surface area is 171 Å². The first-order chi connectivity index (χ1) is 14.0. The molecule has 3 aromatic rings. The zero-order valence-electron chi connectivity index (χ0n) is 15.0. The molecule has 6 nitrogen and oxygen atoms in total. The Kier molecular flexibility index (Phi) is 5.79. The molecule has 0 saturated heterocycles. The Balaban J connectivity index is 2.07. The molecule has 0 spiro atoms. The monoisotopic (exact) mass is 440 g/mol. The number of rotatable bonds is 4. The van der Waals surface area contributed by atoms with Gasteiger partial charge in [0.15, 0.2) is 5.69 Å². The molecule has 2 aromatic heterocycles. The van der Waals surface area contributed by atoms with E-state index in [4.69, 9.17) is 17.3 Å².